The van der Waals surface area contributed by atoms with E-state index in [1.54, 1.807) is 0 Å². The molecule has 0 saturated heterocycles. The van der Waals surface area contributed by atoms with Gasteiger partial charge in [-0.15, -0.1) is 0 Å². The van der Waals surface area contributed by atoms with E-state index in [1.807, 2.05) is 12.1 Å². The van der Waals surface area contributed by atoms with Gasteiger partial charge in [-0.25, -0.2) is 0 Å². The highest BCUT2D eigenvalue weighted by Crippen LogP contribution is 2.25. The molecule has 1 aromatic carbocycles. The van der Waals surface area contributed by atoms with Crippen molar-refractivity contribution in [3.05, 3.63) is 23.8 Å². The maximum Gasteiger partial charge on any atom is 0.120 e. The van der Waals surface area contributed by atoms with Crippen molar-refractivity contribution in [2.75, 3.05) is 23.7 Å². The lowest BCUT2D eigenvalue weighted by molar-refractivity contribution is 0.467. The summed E-state index contributed by atoms with van der Waals surface area (Å²) in [5.74, 6) is 1.27. The van der Waals surface area contributed by atoms with Gasteiger partial charge in [0.15, 0.2) is 0 Å². The third-order valence-corrected chi connectivity index (χ3v) is 3.12. The average Bonchev–Trinajstić information content (AvgIpc) is 2.29. The number of hydrogen-bond donors (Lipinski definition) is 2. The number of hydrogen-bond acceptors (Lipinski definition) is 3. The summed E-state index contributed by atoms with van der Waals surface area (Å²) >= 11 is 4.18. The Hall–Kier alpha value is -0.830. The van der Waals surface area contributed by atoms with E-state index in [4.69, 9.17) is 0 Å². The molecule has 16 heavy (non-hydrogen) atoms. The number of benzene rings is 1. The van der Waals surface area contributed by atoms with Crippen molar-refractivity contribution >= 4 is 18.3 Å². The van der Waals surface area contributed by atoms with Crippen molar-refractivity contribution in [1.82, 2.24) is 0 Å². The van der Waals surface area contributed by atoms with Crippen LogP contribution in [0.3, 0.4) is 0 Å². The Kier molecular flexibility index (Phi) is 5.53. The van der Waals surface area contributed by atoms with Gasteiger partial charge < -0.3 is 10.0 Å². The number of phenols is 1. The van der Waals surface area contributed by atoms with Gasteiger partial charge in [-0.3, -0.25) is 0 Å². The highest BCUT2D eigenvalue weighted by atomic mass is 32.1. The summed E-state index contributed by atoms with van der Waals surface area (Å²) in [5, 5.41) is 9.91. The molecule has 0 amide bonds. The van der Waals surface area contributed by atoms with Crippen LogP contribution in [0.4, 0.5) is 5.69 Å². The third kappa shape index (κ3) is 3.34. The van der Waals surface area contributed by atoms with Crippen LogP contribution in [-0.2, 0) is 6.42 Å². The number of nitrogens with zero attached hydrogens (tertiary/aromatic N) is 1. The predicted molar refractivity (Wildman–Crippen MR) is 73.8 cm³/mol. The van der Waals surface area contributed by atoms with Crippen LogP contribution in [0.1, 0.15) is 25.8 Å². The second-order valence-corrected chi connectivity index (χ2v) is 4.26. The van der Waals surface area contributed by atoms with Gasteiger partial charge in [0.05, 0.1) is 0 Å². The van der Waals surface area contributed by atoms with E-state index >= 15 is 0 Å². The Morgan fingerprint density at radius 2 is 1.94 bits per heavy atom. The lowest BCUT2D eigenvalue weighted by Crippen LogP contribution is -2.21. The highest BCUT2D eigenvalue weighted by molar-refractivity contribution is 7.80. The van der Waals surface area contributed by atoms with Crippen molar-refractivity contribution in [3.63, 3.8) is 0 Å². The molecule has 90 valence electrons. The molecule has 1 aromatic rings. The van der Waals surface area contributed by atoms with E-state index in [-0.39, 0.29) is 0 Å². The minimum Gasteiger partial charge on any atom is -0.508 e. The third-order valence-electron chi connectivity index (χ3n) is 2.80. The van der Waals surface area contributed by atoms with Crippen molar-refractivity contribution in [2.24, 2.45) is 0 Å². The van der Waals surface area contributed by atoms with Crippen LogP contribution in [0.25, 0.3) is 0 Å². The minimum atomic E-state index is 0.409. The van der Waals surface area contributed by atoms with Crippen molar-refractivity contribution in [3.8, 4) is 5.75 Å². The fourth-order valence-corrected chi connectivity index (χ4v) is 1.98. The molecule has 0 aliphatic carbocycles. The fraction of sp³-hybridized carbons (Fsp3) is 0.538. The lowest BCUT2D eigenvalue weighted by Gasteiger charge is -2.21. The Labute approximate surface area is 104 Å². The van der Waals surface area contributed by atoms with Gasteiger partial charge in [-0.05, 0) is 44.1 Å². The number of aromatic hydroxyl groups is 1. The van der Waals surface area contributed by atoms with Crippen molar-refractivity contribution < 1.29 is 5.11 Å². The van der Waals surface area contributed by atoms with E-state index in [0.717, 1.165) is 42.9 Å². The highest BCUT2D eigenvalue weighted by Gasteiger charge is 2.06. The maximum absolute atomic E-state index is 9.91. The van der Waals surface area contributed by atoms with Crippen LogP contribution in [0.5, 0.6) is 5.75 Å². The monoisotopic (exact) mass is 239 g/mol. The molecule has 0 fully saturated rings. The smallest absolute Gasteiger partial charge is 0.120 e. The van der Waals surface area contributed by atoms with Gasteiger partial charge in [0.25, 0.3) is 0 Å². The van der Waals surface area contributed by atoms with Gasteiger partial charge in [0.1, 0.15) is 5.75 Å². The molecule has 0 saturated carbocycles. The average molecular weight is 239 g/mol. The lowest BCUT2D eigenvalue weighted by atomic mass is 10.1. The summed E-state index contributed by atoms with van der Waals surface area (Å²) in [6.45, 7) is 6.17. The molecule has 0 aliphatic rings. The summed E-state index contributed by atoms with van der Waals surface area (Å²) in [4.78, 5) is 2.22. The molecule has 1 rings (SSSR count). The second-order valence-electron chi connectivity index (χ2n) is 3.81. The van der Waals surface area contributed by atoms with Gasteiger partial charge in [0, 0.05) is 24.8 Å². The first-order valence-electron chi connectivity index (χ1n) is 5.90. The van der Waals surface area contributed by atoms with Crippen LogP contribution in [0, 0.1) is 0 Å². The first-order valence-corrected chi connectivity index (χ1v) is 6.53. The minimum absolute atomic E-state index is 0.409. The summed E-state index contributed by atoms with van der Waals surface area (Å²) in [7, 11) is 0. The van der Waals surface area contributed by atoms with Crippen LogP contribution >= 0.6 is 12.6 Å². The van der Waals surface area contributed by atoms with E-state index in [9.17, 15) is 5.11 Å². The van der Waals surface area contributed by atoms with E-state index in [0.29, 0.717) is 5.75 Å². The first kappa shape index (κ1) is 13.2. The SMILES string of the molecule is CCN(CC)c1ccc(CCCS)c(O)c1. The van der Waals surface area contributed by atoms with Crippen LogP contribution < -0.4 is 4.90 Å². The Balaban J connectivity index is 2.81. The Morgan fingerprint density at radius 3 is 2.44 bits per heavy atom. The quantitative estimate of drug-likeness (QED) is 0.745. The molecular formula is C13H21NOS. The molecule has 0 unspecified atom stereocenters. The zero-order valence-corrected chi connectivity index (χ0v) is 11.0. The summed E-state index contributed by atoms with van der Waals surface area (Å²) in [6.07, 6.45) is 1.90. The normalized spacial score (nSPS) is 10.4. The van der Waals surface area contributed by atoms with Crippen LogP contribution in [0.2, 0.25) is 0 Å². The molecule has 2 nitrogen and oxygen atoms in total. The van der Waals surface area contributed by atoms with Crippen molar-refractivity contribution in [2.45, 2.75) is 26.7 Å². The molecule has 1 N–H and O–H groups in total. The zero-order valence-electron chi connectivity index (χ0n) is 10.1. The van der Waals surface area contributed by atoms with E-state index < -0.39 is 0 Å². The van der Waals surface area contributed by atoms with Gasteiger partial charge in [-0.2, -0.15) is 12.6 Å². The molecule has 3 heteroatoms. The molecule has 0 spiro atoms. The zero-order chi connectivity index (χ0) is 12.0. The van der Waals surface area contributed by atoms with Crippen LogP contribution in [-0.4, -0.2) is 23.9 Å². The molecular weight excluding hydrogens is 218 g/mol. The Bertz CT molecular complexity index is 324. The first-order chi connectivity index (χ1) is 7.72. The van der Waals surface area contributed by atoms with Crippen LogP contribution in [0.15, 0.2) is 18.2 Å². The molecule has 0 aromatic heterocycles. The van der Waals surface area contributed by atoms with Gasteiger partial charge in [-0.1, -0.05) is 6.07 Å². The summed E-state index contributed by atoms with van der Waals surface area (Å²) < 4.78 is 0. The molecule has 0 radical (unpaired) electrons. The number of thiol groups is 1. The molecule has 0 atom stereocenters. The van der Waals surface area contributed by atoms with Gasteiger partial charge >= 0.3 is 0 Å². The predicted octanol–water partition coefficient (Wildman–Crippen LogP) is 3.10. The molecule has 0 aliphatic heterocycles. The standard InChI is InChI=1S/C13H21NOS/c1-3-14(4-2)12-8-7-11(6-5-9-16)13(15)10-12/h7-8,10,15-16H,3-6,9H2,1-2H3. The van der Waals surface area contributed by atoms with E-state index in [1.165, 1.54) is 0 Å². The second kappa shape index (κ2) is 6.69. The van der Waals surface area contributed by atoms with E-state index in [2.05, 4.69) is 37.4 Å². The fourth-order valence-electron chi connectivity index (χ4n) is 1.82. The molecule has 0 heterocycles. The number of anilines is 1. The number of aryl methyl sites for hydroxylation is 1. The topological polar surface area (TPSA) is 23.5 Å². The summed E-state index contributed by atoms with van der Waals surface area (Å²) in [5.41, 5.74) is 2.11. The molecule has 0 bridgehead atoms. The Morgan fingerprint density at radius 1 is 1.25 bits per heavy atom. The van der Waals surface area contributed by atoms with Crippen molar-refractivity contribution in [1.29, 1.82) is 0 Å². The maximum atomic E-state index is 9.91. The number of rotatable bonds is 6. The largest absolute Gasteiger partial charge is 0.508 e. The number of phenolic OH excluding ortho intramolecular Hbond substituents is 1. The van der Waals surface area contributed by atoms with Gasteiger partial charge in [0.2, 0.25) is 0 Å². The summed E-state index contributed by atoms with van der Waals surface area (Å²) in [6, 6.07) is 5.97.